The molecule has 2 N–H and O–H groups in total. The van der Waals surface area contributed by atoms with Gasteiger partial charge in [-0.25, -0.2) is 4.98 Å². The van der Waals surface area contributed by atoms with Gasteiger partial charge in [0.05, 0.1) is 10.4 Å². The number of rotatable bonds is 4. The van der Waals surface area contributed by atoms with Crippen LogP contribution in [0, 0.1) is 12.3 Å². The number of hydrogen-bond donors (Lipinski definition) is 2. The van der Waals surface area contributed by atoms with Gasteiger partial charge in [-0.2, -0.15) is 0 Å². The van der Waals surface area contributed by atoms with E-state index < -0.39 is 11.4 Å². The van der Waals surface area contributed by atoms with Crippen LogP contribution in [0.4, 0.5) is 0 Å². The van der Waals surface area contributed by atoms with Crippen LogP contribution in [-0.4, -0.2) is 28.5 Å². The lowest BCUT2D eigenvalue weighted by molar-refractivity contribution is -0.143. The summed E-state index contributed by atoms with van der Waals surface area (Å²) in [5.74, 6) is -1.13. The summed E-state index contributed by atoms with van der Waals surface area (Å²) in [5.41, 5.74) is -0.357. The van der Waals surface area contributed by atoms with Gasteiger partial charge >= 0.3 is 5.97 Å². The molecular weight excluding hydrogens is 228 g/mol. The van der Waals surface area contributed by atoms with Gasteiger partial charge in [0.15, 0.2) is 0 Å². The number of carboxylic acid groups (broad SMARTS) is 1. The van der Waals surface area contributed by atoms with E-state index in [1.807, 2.05) is 6.92 Å². The Morgan fingerprint density at radius 3 is 2.75 bits per heavy atom. The lowest BCUT2D eigenvalue weighted by Gasteiger charge is -2.09. The highest BCUT2D eigenvalue weighted by Gasteiger charge is 2.50. The Morgan fingerprint density at radius 1 is 1.62 bits per heavy atom. The molecule has 0 aromatic carbocycles. The molecule has 1 aromatic heterocycles. The highest BCUT2D eigenvalue weighted by Crippen LogP contribution is 2.45. The Hall–Kier alpha value is -1.43. The summed E-state index contributed by atoms with van der Waals surface area (Å²) in [4.78, 5) is 26.5. The molecule has 0 unspecified atom stereocenters. The second-order valence-corrected chi connectivity index (χ2v) is 5.08. The zero-order chi connectivity index (χ0) is 11.8. The van der Waals surface area contributed by atoms with Gasteiger partial charge in [-0.1, -0.05) is 0 Å². The van der Waals surface area contributed by atoms with Crippen molar-refractivity contribution in [3.8, 4) is 0 Å². The number of aryl methyl sites for hydroxylation is 1. The largest absolute Gasteiger partial charge is 0.481 e. The minimum atomic E-state index is -0.831. The van der Waals surface area contributed by atoms with Crippen LogP contribution in [0.25, 0.3) is 0 Å². The van der Waals surface area contributed by atoms with Crippen LogP contribution in [0.2, 0.25) is 0 Å². The Balaban J connectivity index is 1.92. The number of carbonyl (C=O) groups excluding carboxylic acids is 1. The van der Waals surface area contributed by atoms with E-state index in [4.69, 9.17) is 5.11 Å². The van der Waals surface area contributed by atoms with Crippen molar-refractivity contribution in [3.63, 3.8) is 0 Å². The molecule has 0 atom stereocenters. The minimum Gasteiger partial charge on any atom is -0.481 e. The Labute approximate surface area is 96.5 Å². The smallest absolute Gasteiger partial charge is 0.311 e. The highest BCUT2D eigenvalue weighted by molar-refractivity contribution is 7.09. The molecule has 5 nitrogen and oxygen atoms in total. The van der Waals surface area contributed by atoms with Gasteiger partial charge in [-0.15, -0.1) is 11.3 Å². The Bertz CT molecular complexity index is 437. The average molecular weight is 240 g/mol. The third-order valence-electron chi connectivity index (χ3n) is 2.75. The van der Waals surface area contributed by atoms with Crippen LogP contribution < -0.4 is 5.32 Å². The number of nitrogens with zero attached hydrogens (tertiary/aromatic N) is 1. The van der Waals surface area contributed by atoms with Crippen LogP contribution in [0.1, 0.15) is 28.3 Å². The molecule has 1 heterocycles. The van der Waals surface area contributed by atoms with Gasteiger partial charge < -0.3 is 10.4 Å². The molecule has 2 rings (SSSR count). The van der Waals surface area contributed by atoms with E-state index in [2.05, 4.69) is 10.3 Å². The number of hydrogen-bond acceptors (Lipinski definition) is 4. The van der Waals surface area contributed by atoms with E-state index in [9.17, 15) is 9.59 Å². The summed E-state index contributed by atoms with van der Waals surface area (Å²) in [5, 5.41) is 14.0. The standard InChI is InChI=1S/C10H12N2O3S/c1-6-12-7(4-16-6)8(13)11-5-10(2-3-10)9(14)15/h4H,2-3,5H2,1H3,(H,11,13)(H,14,15). The molecule has 0 spiro atoms. The summed E-state index contributed by atoms with van der Waals surface area (Å²) < 4.78 is 0. The number of thiazole rings is 1. The highest BCUT2D eigenvalue weighted by atomic mass is 32.1. The van der Waals surface area contributed by atoms with Gasteiger partial charge in [0.25, 0.3) is 5.91 Å². The Kier molecular flexibility index (Phi) is 2.67. The van der Waals surface area contributed by atoms with E-state index in [-0.39, 0.29) is 12.5 Å². The van der Waals surface area contributed by atoms with Gasteiger partial charge in [0, 0.05) is 11.9 Å². The number of carboxylic acids is 1. The fraction of sp³-hybridized carbons (Fsp3) is 0.500. The van der Waals surface area contributed by atoms with E-state index >= 15 is 0 Å². The van der Waals surface area contributed by atoms with Crippen molar-refractivity contribution in [2.24, 2.45) is 5.41 Å². The number of amides is 1. The van der Waals surface area contributed by atoms with Crippen LogP contribution in [0.5, 0.6) is 0 Å². The first-order valence-corrected chi connectivity index (χ1v) is 5.85. The van der Waals surface area contributed by atoms with Crippen LogP contribution in [0.3, 0.4) is 0 Å². The Morgan fingerprint density at radius 2 is 2.31 bits per heavy atom. The second-order valence-electron chi connectivity index (χ2n) is 4.02. The fourth-order valence-electron chi connectivity index (χ4n) is 1.42. The number of aromatic nitrogens is 1. The third kappa shape index (κ3) is 2.06. The van der Waals surface area contributed by atoms with E-state index in [0.717, 1.165) is 5.01 Å². The van der Waals surface area contributed by atoms with Crippen LogP contribution >= 0.6 is 11.3 Å². The molecule has 6 heteroatoms. The number of carbonyl (C=O) groups is 2. The molecule has 0 aliphatic heterocycles. The molecular formula is C10H12N2O3S. The zero-order valence-electron chi connectivity index (χ0n) is 8.82. The SMILES string of the molecule is Cc1nc(C(=O)NCC2(C(=O)O)CC2)cs1. The molecule has 86 valence electrons. The quantitative estimate of drug-likeness (QED) is 0.824. The summed E-state index contributed by atoms with van der Waals surface area (Å²) in [6, 6.07) is 0. The van der Waals surface area contributed by atoms with Crippen molar-refractivity contribution in [1.82, 2.24) is 10.3 Å². The average Bonchev–Trinajstić information content (AvgIpc) is 2.92. The fourth-order valence-corrected chi connectivity index (χ4v) is 2.02. The van der Waals surface area contributed by atoms with E-state index in [1.54, 1.807) is 5.38 Å². The lowest BCUT2D eigenvalue weighted by atomic mass is 10.1. The molecule has 1 amide bonds. The maximum Gasteiger partial charge on any atom is 0.311 e. The summed E-state index contributed by atoms with van der Waals surface area (Å²) >= 11 is 1.40. The molecule has 0 bridgehead atoms. The summed E-state index contributed by atoms with van der Waals surface area (Å²) in [6.07, 6.45) is 1.28. The predicted octanol–water partition coefficient (Wildman–Crippen LogP) is 1.05. The first kappa shape index (κ1) is 11.1. The molecule has 1 aliphatic carbocycles. The van der Waals surface area contributed by atoms with Crippen molar-refractivity contribution < 1.29 is 14.7 Å². The van der Waals surface area contributed by atoms with Crippen molar-refractivity contribution >= 4 is 23.2 Å². The lowest BCUT2D eigenvalue weighted by Crippen LogP contribution is -2.34. The molecule has 0 saturated heterocycles. The molecule has 1 saturated carbocycles. The zero-order valence-corrected chi connectivity index (χ0v) is 9.63. The second kappa shape index (κ2) is 3.86. The summed E-state index contributed by atoms with van der Waals surface area (Å²) in [6.45, 7) is 2.01. The monoisotopic (exact) mass is 240 g/mol. The summed E-state index contributed by atoms with van der Waals surface area (Å²) in [7, 11) is 0. The first-order valence-electron chi connectivity index (χ1n) is 4.97. The van der Waals surface area contributed by atoms with Gasteiger partial charge in [0.1, 0.15) is 5.69 Å². The molecule has 1 fully saturated rings. The van der Waals surface area contributed by atoms with E-state index in [0.29, 0.717) is 18.5 Å². The number of nitrogens with one attached hydrogen (secondary N) is 1. The first-order chi connectivity index (χ1) is 7.53. The number of aliphatic carboxylic acids is 1. The van der Waals surface area contributed by atoms with Crippen LogP contribution in [0.15, 0.2) is 5.38 Å². The van der Waals surface area contributed by atoms with Gasteiger partial charge in [0.2, 0.25) is 0 Å². The maximum absolute atomic E-state index is 11.6. The molecule has 16 heavy (non-hydrogen) atoms. The molecule has 1 aliphatic rings. The molecule has 1 aromatic rings. The maximum atomic E-state index is 11.6. The minimum absolute atomic E-state index is 0.192. The van der Waals surface area contributed by atoms with Crippen molar-refractivity contribution in [2.75, 3.05) is 6.54 Å². The third-order valence-corrected chi connectivity index (χ3v) is 3.52. The molecule has 0 radical (unpaired) electrons. The van der Waals surface area contributed by atoms with Crippen molar-refractivity contribution in [1.29, 1.82) is 0 Å². The normalized spacial score (nSPS) is 16.8. The van der Waals surface area contributed by atoms with Crippen molar-refractivity contribution in [2.45, 2.75) is 19.8 Å². The van der Waals surface area contributed by atoms with Crippen molar-refractivity contribution in [3.05, 3.63) is 16.1 Å². The van der Waals surface area contributed by atoms with Gasteiger partial charge in [-0.3, -0.25) is 9.59 Å². The van der Waals surface area contributed by atoms with E-state index in [1.165, 1.54) is 11.3 Å². The van der Waals surface area contributed by atoms with Gasteiger partial charge in [-0.05, 0) is 19.8 Å². The van der Waals surface area contributed by atoms with Crippen LogP contribution in [-0.2, 0) is 4.79 Å². The predicted molar refractivity (Wildman–Crippen MR) is 58.5 cm³/mol. The topological polar surface area (TPSA) is 79.3 Å².